The first-order valence-corrected chi connectivity index (χ1v) is 16.5. The summed E-state index contributed by atoms with van der Waals surface area (Å²) in [4.78, 5) is 15.1. The SMILES string of the molecule is N#Cc1ccc(OC2CCC(NC(=O)c3ccc(N4CCC(Cc5ccc(NCCCCCF)cc5)CC4)nn3)CC2)cc1Cl. The maximum Gasteiger partial charge on any atom is 0.272 e. The number of carbonyl (C=O) groups excluding carboxylic acids is 1. The van der Waals surface area contributed by atoms with Crippen molar-refractivity contribution in [2.75, 3.05) is 36.5 Å². The van der Waals surface area contributed by atoms with Gasteiger partial charge in [-0.2, -0.15) is 5.26 Å². The van der Waals surface area contributed by atoms with Crippen molar-refractivity contribution in [3.05, 3.63) is 76.4 Å². The van der Waals surface area contributed by atoms with E-state index in [9.17, 15) is 9.18 Å². The minimum atomic E-state index is -0.229. The summed E-state index contributed by atoms with van der Waals surface area (Å²) in [5.74, 6) is 1.90. The van der Waals surface area contributed by atoms with Gasteiger partial charge in [-0.3, -0.25) is 9.18 Å². The summed E-state index contributed by atoms with van der Waals surface area (Å²) in [6, 6.07) is 19.6. The molecule has 1 aliphatic carbocycles. The van der Waals surface area contributed by atoms with Gasteiger partial charge in [0, 0.05) is 37.4 Å². The molecule has 1 aliphatic heterocycles. The number of anilines is 2. The summed E-state index contributed by atoms with van der Waals surface area (Å²) >= 11 is 6.12. The van der Waals surface area contributed by atoms with Crippen molar-refractivity contribution in [2.24, 2.45) is 5.92 Å². The van der Waals surface area contributed by atoms with Crippen LogP contribution >= 0.6 is 11.6 Å². The molecule has 3 aromatic rings. The molecule has 1 amide bonds. The molecular weight excluding hydrogens is 591 g/mol. The molecule has 8 nitrogen and oxygen atoms in total. The van der Waals surface area contributed by atoms with Gasteiger partial charge in [-0.25, -0.2) is 0 Å². The van der Waals surface area contributed by atoms with E-state index in [1.54, 1.807) is 24.3 Å². The fourth-order valence-electron chi connectivity index (χ4n) is 6.14. The molecule has 1 saturated carbocycles. The molecule has 10 heteroatoms. The molecule has 0 spiro atoms. The van der Waals surface area contributed by atoms with E-state index in [-0.39, 0.29) is 24.7 Å². The fraction of sp³-hybridized carbons (Fsp3) is 0.486. The van der Waals surface area contributed by atoms with Gasteiger partial charge in [0.05, 0.1) is 23.4 Å². The molecule has 5 rings (SSSR count). The highest BCUT2D eigenvalue weighted by Gasteiger charge is 2.25. The van der Waals surface area contributed by atoms with Gasteiger partial charge in [-0.1, -0.05) is 23.7 Å². The number of aromatic nitrogens is 2. The van der Waals surface area contributed by atoms with Crippen molar-refractivity contribution < 1.29 is 13.9 Å². The zero-order valence-corrected chi connectivity index (χ0v) is 26.4. The van der Waals surface area contributed by atoms with Crippen LogP contribution in [-0.4, -0.2) is 54.6 Å². The van der Waals surface area contributed by atoms with Crippen molar-refractivity contribution >= 4 is 29.0 Å². The van der Waals surface area contributed by atoms with Crippen LogP contribution in [0.5, 0.6) is 5.75 Å². The number of benzene rings is 2. The van der Waals surface area contributed by atoms with E-state index in [0.29, 0.717) is 34.4 Å². The van der Waals surface area contributed by atoms with Crippen molar-refractivity contribution in [1.82, 2.24) is 15.5 Å². The standard InChI is InChI=1S/C35H42ClFN6O2/c36-32-23-31(11-6-27(32)24-38)45-30-12-9-29(10-13-30)40-35(44)33-14-15-34(42-41-33)43-20-16-26(17-21-43)22-25-4-7-28(8-5-25)39-19-3-1-2-18-37/h4-8,11,14-15,23,26,29-30,39H,1-3,9-10,12-13,16-22H2,(H,40,44). The topological polar surface area (TPSA) is 103 Å². The molecule has 238 valence electrons. The summed E-state index contributed by atoms with van der Waals surface area (Å²) in [7, 11) is 0. The summed E-state index contributed by atoms with van der Waals surface area (Å²) in [5.41, 5.74) is 3.23. The Kier molecular flexibility index (Phi) is 11.9. The number of ether oxygens (including phenoxy) is 1. The number of hydrogen-bond donors (Lipinski definition) is 2. The molecule has 45 heavy (non-hydrogen) atoms. The van der Waals surface area contributed by atoms with Crippen molar-refractivity contribution in [2.45, 2.75) is 76.4 Å². The normalized spacial score (nSPS) is 18.6. The Balaban J connectivity index is 1.00. The summed E-state index contributed by atoms with van der Waals surface area (Å²) < 4.78 is 18.3. The van der Waals surface area contributed by atoms with Gasteiger partial charge < -0.3 is 20.3 Å². The number of carbonyl (C=O) groups is 1. The highest BCUT2D eigenvalue weighted by Crippen LogP contribution is 2.28. The van der Waals surface area contributed by atoms with Crippen molar-refractivity contribution in [3.8, 4) is 11.8 Å². The highest BCUT2D eigenvalue weighted by molar-refractivity contribution is 6.31. The van der Waals surface area contributed by atoms with Crippen LogP contribution in [0.15, 0.2) is 54.6 Å². The van der Waals surface area contributed by atoms with Crippen LogP contribution < -0.4 is 20.3 Å². The number of rotatable bonds is 13. The predicted molar refractivity (Wildman–Crippen MR) is 176 cm³/mol. The molecule has 1 aromatic heterocycles. The lowest BCUT2D eigenvalue weighted by Gasteiger charge is -2.32. The van der Waals surface area contributed by atoms with Crippen LogP contribution in [0.4, 0.5) is 15.9 Å². The summed E-state index contributed by atoms with van der Waals surface area (Å²) in [5, 5.41) is 24.6. The van der Waals surface area contributed by atoms with Crippen LogP contribution in [0.3, 0.4) is 0 Å². The molecule has 2 aliphatic rings. The number of piperidine rings is 1. The lowest BCUT2D eigenvalue weighted by Crippen LogP contribution is -2.40. The minimum absolute atomic E-state index is 0.0449. The maximum absolute atomic E-state index is 12.9. The molecule has 2 aromatic carbocycles. The van der Waals surface area contributed by atoms with Gasteiger partial charge in [-0.05, 0) is 112 Å². The largest absolute Gasteiger partial charge is 0.490 e. The number of halogens is 2. The summed E-state index contributed by atoms with van der Waals surface area (Å²) in [6.07, 6.45) is 9.09. The molecule has 2 N–H and O–H groups in total. The molecule has 0 bridgehead atoms. The Hall–Kier alpha value is -3.90. The average molecular weight is 633 g/mol. The number of nitriles is 1. The van der Waals surface area contributed by atoms with Crippen LogP contribution in [0.1, 0.15) is 79.4 Å². The number of alkyl halides is 1. The molecule has 0 unspecified atom stereocenters. The van der Waals surface area contributed by atoms with Gasteiger partial charge in [-0.15, -0.1) is 10.2 Å². The van der Waals surface area contributed by atoms with E-state index in [0.717, 1.165) is 88.9 Å². The zero-order chi connectivity index (χ0) is 31.4. The first-order valence-electron chi connectivity index (χ1n) is 16.2. The van der Waals surface area contributed by atoms with Crippen LogP contribution in [0.25, 0.3) is 0 Å². The Labute approximate surface area is 270 Å². The molecule has 0 atom stereocenters. The van der Waals surface area contributed by atoms with Crippen LogP contribution in [0.2, 0.25) is 5.02 Å². The Morgan fingerprint density at radius 2 is 1.76 bits per heavy atom. The monoisotopic (exact) mass is 632 g/mol. The first-order chi connectivity index (χ1) is 22.0. The van der Waals surface area contributed by atoms with Crippen molar-refractivity contribution in [3.63, 3.8) is 0 Å². The highest BCUT2D eigenvalue weighted by atomic mass is 35.5. The lowest BCUT2D eigenvalue weighted by molar-refractivity contribution is 0.0888. The molecule has 1 saturated heterocycles. The second-order valence-corrected chi connectivity index (χ2v) is 12.5. The Morgan fingerprint density at radius 1 is 0.978 bits per heavy atom. The second-order valence-electron chi connectivity index (χ2n) is 12.1. The Bertz CT molecular complexity index is 1420. The molecule has 2 heterocycles. The van der Waals surface area contributed by atoms with E-state index in [2.05, 4.69) is 56.1 Å². The minimum Gasteiger partial charge on any atom is -0.490 e. The van der Waals surface area contributed by atoms with E-state index in [1.165, 1.54) is 5.56 Å². The first kappa shape index (κ1) is 32.5. The number of amides is 1. The van der Waals surface area contributed by atoms with E-state index in [1.807, 2.05) is 6.07 Å². The number of unbranched alkanes of at least 4 members (excludes halogenated alkanes) is 2. The van der Waals surface area contributed by atoms with Gasteiger partial charge >= 0.3 is 0 Å². The van der Waals surface area contributed by atoms with Crippen molar-refractivity contribution in [1.29, 1.82) is 5.26 Å². The third kappa shape index (κ3) is 9.54. The van der Waals surface area contributed by atoms with Crippen LogP contribution in [0, 0.1) is 17.2 Å². The number of hydrogen-bond acceptors (Lipinski definition) is 7. The third-order valence-corrected chi connectivity index (χ3v) is 9.13. The van der Waals surface area contributed by atoms with Crippen LogP contribution in [-0.2, 0) is 6.42 Å². The van der Waals surface area contributed by atoms with E-state index in [4.69, 9.17) is 21.6 Å². The maximum atomic E-state index is 12.9. The van der Waals surface area contributed by atoms with Gasteiger partial charge in [0.1, 0.15) is 11.8 Å². The number of nitrogens with one attached hydrogen (secondary N) is 2. The van der Waals surface area contributed by atoms with Gasteiger partial charge in [0.2, 0.25) is 0 Å². The second kappa shape index (κ2) is 16.4. The molecular formula is C35H42ClFN6O2. The van der Waals surface area contributed by atoms with E-state index >= 15 is 0 Å². The van der Waals surface area contributed by atoms with Gasteiger partial charge in [0.15, 0.2) is 11.5 Å². The average Bonchev–Trinajstić information content (AvgIpc) is 3.07. The molecule has 0 radical (unpaired) electrons. The molecule has 2 fully saturated rings. The summed E-state index contributed by atoms with van der Waals surface area (Å²) in [6.45, 7) is 2.49. The predicted octanol–water partition coefficient (Wildman–Crippen LogP) is 7.13. The third-order valence-electron chi connectivity index (χ3n) is 8.81. The number of nitrogens with zero attached hydrogens (tertiary/aromatic N) is 4. The quantitative estimate of drug-likeness (QED) is 0.193. The fourth-order valence-corrected chi connectivity index (χ4v) is 6.35. The van der Waals surface area contributed by atoms with E-state index < -0.39 is 0 Å². The Morgan fingerprint density at radius 3 is 2.42 bits per heavy atom. The van der Waals surface area contributed by atoms with Gasteiger partial charge in [0.25, 0.3) is 5.91 Å². The smallest absolute Gasteiger partial charge is 0.272 e. The zero-order valence-electron chi connectivity index (χ0n) is 25.7. The lowest BCUT2D eigenvalue weighted by atomic mass is 9.90.